The van der Waals surface area contributed by atoms with E-state index in [1.54, 1.807) is 0 Å². The third-order valence-corrected chi connectivity index (χ3v) is 5.65. The van der Waals surface area contributed by atoms with Gasteiger partial charge in [-0.2, -0.15) is 5.26 Å². The summed E-state index contributed by atoms with van der Waals surface area (Å²) < 4.78 is 0. The molecule has 0 saturated heterocycles. The van der Waals surface area contributed by atoms with Gasteiger partial charge in [0.2, 0.25) is 5.91 Å². The van der Waals surface area contributed by atoms with Gasteiger partial charge < -0.3 is 5.32 Å². The van der Waals surface area contributed by atoms with E-state index in [2.05, 4.69) is 28.5 Å². The quantitative estimate of drug-likeness (QED) is 0.631. The molecule has 0 unspecified atom stereocenters. The lowest BCUT2D eigenvalue weighted by molar-refractivity contribution is -0.438. The molecule has 4 nitrogen and oxygen atoms in total. The fourth-order valence-electron chi connectivity index (χ4n) is 3.23. The number of benzene rings is 1. The van der Waals surface area contributed by atoms with E-state index in [4.69, 9.17) is 0 Å². The lowest BCUT2D eigenvalue weighted by atomic mass is 10.1. The van der Waals surface area contributed by atoms with Crippen molar-refractivity contribution in [2.75, 3.05) is 12.3 Å². The number of hydrogen-bond donors (Lipinski definition) is 1. The first kappa shape index (κ1) is 18.5. The Balaban J connectivity index is 1.54. The number of aromatic amines is 1. The van der Waals surface area contributed by atoms with Gasteiger partial charge in [-0.25, -0.2) is 4.98 Å². The molecule has 1 heterocycles. The summed E-state index contributed by atoms with van der Waals surface area (Å²) in [6.45, 7) is 0.627. The molecule has 0 fully saturated rings. The van der Waals surface area contributed by atoms with E-state index in [0.717, 1.165) is 24.3 Å². The van der Waals surface area contributed by atoms with Crippen LogP contribution in [0.15, 0.2) is 41.4 Å². The first-order chi connectivity index (χ1) is 12.8. The van der Waals surface area contributed by atoms with Gasteiger partial charge in [-0.05, 0) is 49.1 Å². The van der Waals surface area contributed by atoms with Crippen LogP contribution in [0, 0.1) is 11.3 Å². The molecular weight excluding hydrogens is 342 g/mol. The summed E-state index contributed by atoms with van der Waals surface area (Å²) in [5.41, 5.74) is 4.35. The lowest BCUT2D eigenvalue weighted by Gasteiger charge is -2.06. The molecule has 1 amide bonds. The maximum absolute atomic E-state index is 12.1. The molecule has 0 spiro atoms. The van der Waals surface area contributed by atoms with Crippen LogP contribution in [0.3, 0.4) is 0 Å². The fraction of sp³-hybridized carbons (Fsp3) is 0.381. The van der Waals surface area contributed by atoms with Crippen molar-refractivity contribution < 1.29 is 9.78 Å². The van der Waals surface area contributed by atoms with Crippen LogP contribution < -0.4 is 10.3 Å². The average Bonchev–Trinajstić information content (AvgIpc) is 2.91. The number of aryl methyl sites for hydroxylation is 2. The first-order valence-electron chi connectivity index (χ1n) is 9.18. The van der Waals surface area contributed by atoms with Crippen molar-refractivity contribution in [2.45, 2.75) is 43.6 Å². The summed E-state index contributed by atoms with van der Waals surface area (Å²) in [6, 6.07) is 14.4. The highest BCUT2D eigenvalue weighted by atomic mass is 32.2. The number of pyridine rings is 1. The van der Waals surface area contributed by atoms with Crippen molar-refractivity contribution in [3.05, 3.63) is 58.8 Å². The summed E-state index contributed by atoms with van der Waals surface area (Å²) in [4.78, 5) is 15.5. The fourth-order valence-corrected chi connectivity index (χ4v) is 4.06. The molecule has 0 atom stereocenters. The maximum Gasteiger partial charge on any atom is 0.257 e. The molecule has 26 heavy (non-hydrogen) atoms. The zero-order chi connectivity index (χ0) is 18.2. The molecule has 1 aliphatic carbocycles. The Labute approximate surface area is 159 Å². The number of fused-ring (bicyclic) bond motifs is 1. The number of nitriles is 1. The number of aromatic nitrogens is 1. The minimum atomic E-state index is -0.00170. The summed E-state index contributed by atoms with van der Waals surface area (Å²) in [7, 11) is 0. The molecule has 0 bridgehead atoms. The number of carbonyl (C=O) groups excluding carboxylic acids is 1. The Morgan fingerprint density at radius 1 is 1.19 bits per heavy atom. The number of rotatable bonds is 6. The van der Waals surface area contributed by atoms with Gasteiger partial charge >= 0.3 is 0 Å². The highest BCUT2D eigenvalue weighted by molar-refractivity contribution is 7.99. The third-order valence-electron chi connectivity index (χ3n) is 4.63. The Hall–Kier alpha value is -2.32. The minimum absolute atomic E-state index is 0.00170. The van der Waals surface area contributed by atoms with E-state index in [1.165, 1.54) is 47.8 Å². The van der Waals surface area contributed by atoms with Gasteiger partial charge in [-0.1, -0.05) is 36.8 Å². The van der Waals surface area contributed by atoms with Crippen molar-refractivity contribution in [3.8, 4) is 6.07 Å². The van der Waals surface area contributed by atoms with Crippen LogP contribution in [-0.2, 0) is 24.1 Å². The Morgan fingerprint density at radius 2 is 2.00 bits per heavy atom. The van der Waals surface area contributed by atoms with Gasteiger partial charge in [0.25, 0.3) is 5.03 Å². The number of thioether (sulfide) groups is 1. The largest absolute Gasteiger partial charge is 0.355 e. The first-order valence-corrected chi connectivity index (χ1v) is 10.2. The highest BCUT2D eigenvalue weighted by Crippen LogP contribution is 2.23. The zero-order valence-electron chi connectivity index (χ0n) is 14.9. The molecule has 5 heteroatoms. The molecule has 0 saturated carbocycles. The van der Waals surface area contributed by atoms with Crippen LogP contribution in [0.25, 0.3) is 0 Å². The van der Waals surface area contributed by atoms with Crippen molar-refractivity contribution in [1.82, 2.24) is 5.32 Å². The van der Waals surface area contributed by atoms with Gasteiger partial charge in [0.1, 0.15) is 11.6 Å². The van der Waals surface area contributed by atoms with Gasteiger partial charge in [0.15, 0.2) is 5.69 Å². The van der Waals surface area contributed by atoms with Crippen molar-refractivity contribution in [2.24, 2.45) is 0 Å². The molecule has 3 rings (SSSR count). The van der Waals surface area contributed by atoms with Gasteiger partial charge in [0, 0.05) is 18.5 Å². The molecule has 0 aliphatic heterocycles. The Bertz CT molecular complexity index is 799. The third kappa shape index (κ3) is 5.09. The molecule has 2 N–H and O–H groups in total. The van der Waals surface area contributed by atoms with E-state index in [1.807, 2.05) is 24.3 Å². The molecule has 134 valence electrons. The number of nitrogens with one attached hydrogen (secondary N) is 2. The van der Waals surface area contributed by atoms with Crippen molar-refractivity contribution in [3.63, 3.8) is 0 Å². The average molecular weight is 367 g/mol. The number of hydrogen-bond acceptors (Lipinski definition) is 3. The second-order valence-corrected chi connectivity index (χ2v) is 7.55. The second kappa shape index (κ2) is 9.40. The van der Waals surface area contributed by atoms with Crippen LogP contribution in [0.5, 0.6) is 0 Å². The standard InChI is InChI=1S/C21H23N3OS/c22-14-18-13-17-9-5-2-6-10-19(17)24-21(18)26-15-20(25)23-12-11-16-7-3-1-4-8-16/h1,3-4,7-8,13H,2,5-6,9-12,15H2,(H,23,25)/p+1. The Morgan fingerprint density at radius 3 is 2.81 bits per heavy atom. The van der Waals surface area contributed by atoms with Crippen LogP contribution in [-0.4, -0.2) is 18.2 Å². The summed E-state index contributed by atoms with van der Waals surface area (Å²) >= 11 is 1.42. The summed E-state index contributed by atoms with van der Waals surface area (Å²) in [5, 5.41) is 13.2. The summed E-state index contributed by atoms with van der Waals surface area (Å²) in [5.74, 6) is 0.317. The van der Waals surface area contributed by atoms with Gasteiger partial charge in [-0.15, -0.1) is 0 Å². The van der Waals surface area contributed by atoms with Crippen LogP contribution in [0.4, 0.5) is 0 Å². The molecule has 2 aromatic rings. The number of carbonyl (C=O) groups is 1. The molecule has 0 radical (unpaired) electrons. The number of nitrogens with zero attached hydrogens (tertiary/aromatic N) is 1. The Kier molecular flexibility index (Phi) is 6.68. The zero-order valence-corrected chi connectivity index (χ0v) is 15.7. The molecular formula is C21H24N3OS+. The van der Waals surface area contributed by atoms with E-state index in [0.29, 0.717) is 17.9 Å². The van der Waals surface area contributed by atoms with E-state index < -0.39 is 0 Å². The van der Waals surface area contributed by atoms with E-state index in [-0.39, 0.29) is 5.91 Å². The number of H-pyrrole nitrogens is 1. The van der Waals surface area contributed by atoms with E-state index >= 15 is 0 Å². The van der Waals surface area contributed by atoms with Crippen LogP contribution in [0.2, 0.25) is 0 Å². The highest BCUT2D eigenvalue weighted by Gasteiger charge is 2.21. The van der Waals surface area contributed by atoms with Crippen molar-refractivity contribution >= 4 is 17.7 Å². The van der Waals surface area contributed by atoms with Gasteiger partial charge in [0.05, 0.1) is 5.75 Å². The number of amides is 1. The van der Waals surface area contributed by atoms with Crippen molar-refractivity contribution in [1.29, 1.82) is 5.26 Å². The SMILES string of the molecule is N#Cc1cc2c([nH+]c1SCC(=O)NCCc1ccccc1)CCCCC2. The topological polar surface area (TPSA) is 67.0 Å². The van der Waals surface area contributed by atoms with Crippen LogP contribution >= 0.6 is 11.8 Å². The summed E-state index contributed by atoms with van der Waals surface area (Å²) in [6.07, 6.45) is 6.48. The van der Waals surface area contributed by atoms with Crippen LogP contribution in [0.1, 0.15) is 41.6 Å². The normalized spacial score (nSPS) is 13.3. The minimum Gasteiger partial charge on any atom is -0.355 e. The smallest absolute Gasteiger partial charge is 0.257 e. The van der Waals surface area contributed by atoms with E-state index in [9.17, 15) is 10.1 Å². The van der Waals surface area contributed by atoms with Gasteiger partial charge in [-0.3, -0.25) is 4.79 Å². The molecule has 1 aromatic heterocycles. The second-order valence-electron chi connectivity index (χ2n) is 6.56. The monoisotopic (exact) mass is 366 g/mol. The molecule has 1 aliphatic rings. The lowest BCUT2D eigenvalue weighted by Crippen LogP contribution is -2.28. The molecule has 1 aromatic carbocycles. The predicted molar refractivity (Wildman–Crippen MR) is 103 cm³/mol. The maximum atomic E-state index is 12.1. The predicted octanol–water partition coefficient (Wildman–Crippen LogP) is 3.09.